The number of rotatable bonds is 4. The minimum atomic E-state index is -0.900. The first-order chi connectivity index (χ1) is 12.5. The highest BCUT2D eigenvalue weighted by molar-refractivity contribution is 6.33. The van der Waals surface area contributed by atoms with Crippen molar-refractivity contribution in [3.8, 4) is 29.2 Å². The molecular formula is C22H19ClO3. The lowest BCUT2D eigenvalue weighted by molar-refractivity contribution is -0.124. The Balaban J connectivity index is 2.06. The highest BCUT2D eigenvalue weighted by Gasteiger charge is 2.43. The maximum absolute atomic E-state index is 12.7. The number of carbonyl (C=O) groups is 2. The van der Waals surface area contributed by atoms with Crippen LogP contribution in [0, 0.1) is 25.2 Å². The Morgan fingerprint density at radius 1 is 1.19 bits per heavy atom. The van der Waals surface area contributed by atoms with Gasteiger partial charge < -0.3 is 4.74 Å². The van der Waals surface area contributed by atoms with Gasteiger partial charge in [0.15, 0.2) is 5.78 Å². The second-order valence-electron chi connectivity index (χ2n) is 6.55. The molecule has 26 heavy (non-hydrogen) atoms. The molecule has 0 N–H and O–H groups in total. The van der Waals surface area contributed by atoms with Crippen LogP contribution in [0.2, 0.25) is 5.02 Å². The summed E-state index contributed by atoms with van der Waals surface area (Å²) in [5.41, 5.74) is 3.45. The van der Waals surface area contributed by atoms with E-state index in [0.29, 0.717) is 16.3 Å². The molecule has 3 nitrogen and oxygen atoms in total. The zero-order valence-corrected chi connectivity index (χ0v) is 15.5. The van der Waals surface area contributed by atoms with Gasteiger partial charge in [-0.2, -0.15) is 0 Å². The molecule has 1 fully saturated rings. The lowest BCUT2D eigenvalue weighted by Crippen LogP contribution is -2.16. The maximum Gasteiger partial charge on any atom is 0.152 e. The quantitative estimate of drug-likeness (QED) is 0.587. The third-order valence-electron chi connectivity index (χ3n) is 4.81. The molecule has 0 spiro atoms. The molecule has 0 aromatic heterocycles. The van der Waals surface area contributed by atoms with E-state index in [2.05, 4.69) is 5.92 Å². The summed E-state index contributed by atoms with van der Waals surface area (Å²) in [6.07, 6.45) is 5.74. The van der Waals surface area contributed by atoms with E-state index in [1.807, 2.05) is 37.3 Å². The van der Waals surface area contributed by atoms with Gasteiger partial charge in [0, 0.05) is 29.3 Å². The minimum absolute atomic E-state index is 0.154. The summed E-state index contributed by atoms with van der Waals surface area (Å²) in [7, 11) is 1.51. The molecule has 0 heterocycles. The van der Waals surface area contributed by atoms with Crippen LogP contribution in [0.15, 0.2) is 36.4 Å². The molecule has 4 heteroatoms. The van der Waals surface area contributed by atoms with Gasteiger partial charge in [0.1, 0.15) is 17.5 Å². The van der Waals surface area contributed by atoms with E-state index >= 15 is 0 Å². The molecule has 132 valence electrons. The van der Waals surface area contributed by atoms with Crippen molar-refractivity contribution in [1.82, 2.24) is 0 Å². The molecule has 0 bridgehead atoms. The van der Waals surface area contributed by atoms with Gasteiger partial charge in [-0.05, 0) is 30.2 Å². The summed E-state index contributed by atoms with van der Waals surface area (Å²) in [6.45, 7) is 2.02. The van der Waals surface area contributed by atoms with Crippen molar-refractivity contribution < 1.29 is 14.3 Å². The molecule has 2 aromatic rings. The third kappa shape index (κ3) is 3.25. The molecule has 0 aliphatic heterocycles. The van der Waals surface area contributed by atoms with Crippen molar-refractivity contribution in [1.29, 1.82) is 0 Å². The maximum atomic E-state index is 12.7. The van der Waals surface area contributed by atoms with Gasteiger partial charge in [0.05, 0.1) is 7.11 Å². The number of methoxy groups -OCH3 is 1. The highest BCUT2D eigenvalue weighted by Crippen LogP contribution is 2.43. The lowest BCUT2D eigenvalue weighted by Gasteiger charge is -2.17. The van der Waals surface area contributed by atoms with Gasteiger partial charge in [-0.3, -0.25) is 9.59 Å². The third-order valence-corrected chi connectivity index (χ3v) is 5.12. The van der Waals surface area contributed by atoms with E-state index in [-0.39, 0.29) is 24.4 Å². The van der Waals surface area contributed by atoms with Crippen molar-refractivity contribution in [2.45, 2.75) is 25.7 Å². The second kappa shape index (κ2) is 7.35. The molecule has 3 rings (SSSR count). The Morgan fingerprint density at radius 3 is 2.50 bits per heavy atom. The number of ether oxygens (including phenoxy) is 1. The Hall–Kier alpha value is -2.57. The fourth-order valence-electron chi connectivity index (χ4n) is 3.43. The zero-order chi connectivity index (χ0) is 18.8. The number of Topliss-reactive ketones (excluding diaryl/α,β-unsaturated/α-hetero) is 2. The number of hydrogen-bond acceptors (Lipinski definition) is 3. The van der Waals surface area contributed by atoms with Crippen molar-refractivity contribution in [3.63, 3.8) is 0 Å². The molecule has 0 saturated heterocycles. The van der Waals surface area contributed by atoms with E-state index in [1.165, 1.54) is 7.11 Å². The number of halogens is 1. The molecule has 0 amide bonds. The Labute approximate surface area is 158 Å². The van der Waals surface area contributed by atoms with Crippen LogP contribution in [-0.2, 0) is 9.59 Å². The normalized spacial score (nSPS) is 19.5. The van der Waals surface area contributed by atoms with Crippen molar-refractivity contribution >= 4 is 23.2 Å². The van der Waals surface area contributed by atoms with Crippen molar-refractivity contribution in [2.75, 3.05) is 7.11 Å². The molecule has 1 aliphatic rings. The summed E-state index contributed by atoms with van der Waals surface area (Å²) in [6, 6.07) is 11.6. The fraction of sp³-hybridized carbons (Fsp3) is 0.273. The first-order valence-electron chi connectivity index (χ1n) is 8.40. The summed E-state index contributed by atoms with van der Waals surface area (Å²) in [5.74, 6) is 1.26. The van der Waals surface area contributed by atoms with Crippen LogP contribution < -0.4 is 4.74 Å². The van der Waals surface area contributed by atoms with Crippen LogP contribution in [0.3, 0.4) is 0 Å². The van der Waals surface area contributed by atoms with Crippen LogP contribution in [-0.4, -0.2) is 18.7 Å². The zero-order valence-electron chi connectivity index (χ0n) is 14.7. The van der Waals surface area contributed by atoms with E-state index in [1.54, 1.807) is 6.07 Å². The average molecular weight is 367 g/mol. The fourth-order valence-corrected chi connectivity index (χ4v) is 3.75. The first kappa shape index (κ1) is 18.2. The van der Waals surface area contributed by atoms with Gasteiger partial charge in [-0.25, -0.2) is 0 Å². The average Bonchev–Trinajstić information content (AvgIpc) is 2.89. The predicted molar refractivity (Wildman–Crippen MR) is 102 cm³/mol. The molecular weight excluding hydrogens is 348 g/mol. The van der Waals surface area contributed by atoms with Gasteiger partial charge in [0.25, 0.3) is 0 Å². The van der Waals surface area contributed by atoms with E-state index in [9.17, 15) is 9.59 Å². The largest absolute Gasteiger partial charge is 0.496 e. The molecule has 2 aromatic carbocycles. The van der Waals surface area contributed by atoms with Gasteiger partial charge in [-0.15, -0.1) is 12.3 Å². The van der Waals surface area contributed by atoms with Crippen LogP contribution in [0.5, 0.6) is 5.75 Å². The molecule has 2 atom stereocenters. The Bertz CT molecular complexity index is 906. The Morgan fingerprint density at radius 2 is 1.88 bits per heavy atom. The minimum Gasteiger partial charge on any atom is -0.496 e. The van der Waals surface area contributed by atoms with E-state index < -0.39 is 11.8 Å². The lowest BCUT2D eigenvalue weighted by atomic mass is 9.91. The summed E-state index contributed by atoms with van der Waals surface area (Å²) >= 11 is 6.51. The molecule has 1 aliphatic carbocycles. The topological polar surface area (TPSA) is 43.4 Å². The molecule has 1 saturated carbocycles. The predicted octanol–water partition coefficient (Wildman–Crippen LogP) is 4.59. The van der Waals surface area contributed by atoms with Crippen LogP contribution in [0.1, 0.15) is 29.9 Å². The summed E-state index contributed by atoms with van der Waals surface area (Å²) < 4.78 is 5.49. The second-order valence-corrected chi connectivity index (χ2v) is 6.96. The monoisotopic (exact) mass is 366 g/mol. The highest BCUT2D eigenvalue weighted by atomic mass is 35.5. The van der Waals surface area contributed by atoms with Gasteiger partial charge in [-0.1, -0.05) is 41.4 Å². The number of terminal acetylenes is 1. The number of aryl methyl sites for hydroxylation is 1. The number of ketones is 2. The van der Waals surface area contributed by atoms with Crippen molar-refractivity contribution in [3.05, 3.63) is 52.5 Å². The van der Waals surface area contributed by atoms with Crippen LogP contribution in [0.25, 0.3) is 11.1 Å². The van der Waals surface area contributed by atoms with Gasteiger partial charge >= 0.3 is 0 Å². The van der Waals surface area contributed by atoms with Crippen LogP contribution in [0.4, 0.5) is 0 Å². The molecule has 2 unspecified atom stereocenters. The summed E-state index contributed by atoms with van der Waals surface area (Å²) in [5, 5.41) is 0.355. The standard InChI is InChI=1S/C22H19ClO3/c1-4-5-15-11-18(24)21(22(15)25)20-17(23)10-16(12-19(20)26-3)14-8-6-13(2)7-9-14/h1,6-10,12,15,21H,5,11H2,2-3H3. The van der Waals surface area contributed by atoms with E-state index in [0.717, 1.165) is 16.7 Å². The SMILES string of the molecule is C#CCC1CC(=O)C(c2c(Cl)cc(-c3ccc(C)cc3)cc2OC)C1=O. The smallest absolute Gasteiger partial charge is 0.152 e. The van der Waals surface area contributed by atoms with Crippen molar-refractivity contribution in [2.24, 2.45) is 5.92 Å². The number of carbonyl (C=O) groups excluding carboxylic acids is 2. The first-order valence-corrected chi connectivity index (χ1v) is 8.78. The molecule has 0 radical (unpaired) electrons. The summed E-state index contributed by atoms with van der Waals surface area (Å²) in [4.78, 5) is 25.2. The van der Waals surface area contributed by atoms with Crippen LogP contribution >= 0.6 is 11.6 Å². The number of benzene rings is 2. The number of hydrogen-bond donors (Lipinski definition) is 0. The van der Waals surface area contributed by atoms with Gasteiger partial charge in [0.2, 0.25) is 0 Å². The Kier molecular flexibility index (Phi) is 5.15. The van der Waals surface area contributed by atoms with E-state index in [4.69, 9.17) is 22.8 Å².